The maximum Gasteiger partial charge on any atom is 0.219 e. The Bertz CT molecular complexity index is 746. The van der Waals surface area contributed by atoms with E-state index in [0.717, 1.165) is 10.9 Å². The highest BCUT2D eigenvalue weighted by atomic mass is 35.5. The number of pyridine rings is 2. The minimum absolute atomic E-state index is 0.487. The summed E-state index contributed by atoms with van der Waals surface area (Å²) in [6, 6.07) is 10.9. The Morgan fingerprint density at radius 3 is 2.79 bits per heavy atom. The molecule has 0 spiro atoms. The van der Waals surface area contributed by atoms with Crippen molar-refractivity contribution in [2.75, 3.05) is 5.73 Å². The molecule has 0 bridgehead atoms. The normalized spacial score (nSPS) is 10.6. The van der Waals surface area contributed by atoms with Gasteiger partial charge < -0.3 is 10.5 Å². The number of nitrogens with zero attached hydrogens (tertiary/aromatic N) is 2. The van der Waals surface area contributed by atoms with Crippen molar-refractivity contribution in [3.63, 3.8) is 0 Å². The minimum Gasteiger partial charge on any atom is -0.437 e. The van der Waals surface area contributed by atoms with E-state index in [2.05, 4.69) is 9.97 Å². The van der Waals surface area contributed by atoms with Gasteiger partial charge in [-0.05, 0) is 24.3 Å². The first-order valence-electron chi connectivity index (χ1n) is 5.65. The molecular weight excluding hydrogens is 262 g/mol. The van der Waals surface area contributed by atoms with Crippen molar-refractivity contribution in [1.29, 1.82) is 0 Å². The molecule has 3 aromatic rings. The molecule has 0 aliphatic carbocycles. The first-order chi connectivity index (χ1) is 9.20. The Morgan fingerprint density at radius 1 is 1.05 bits per heavy atom. The van der Waals surface area contributed by atoms with E-state index in [1.165, 1.54) is 0 Å². The second-order valence-corrected chi connectivity index (χ2v) is 4.48. The predicted octanol–water partition coefficient (Wildman–Crippen LogP) is 3.66. The number of anilines is 1. The Morgan fingerprint density at radius 2 is 1.95 bits per heavy atom. The molecule has 0 aliphatic heterocycles. The molecule has 2 heterocycles. The van der Waals surface area contributed by atoms with Crippen LogP contribution in [0, 0.1) is 0 Å². The van der Waals surface area contributed by atoms with Crippen LogP contribution < -0.4 is 10.5 Å². The fourth-order valence-electron chi connectivity index (χ4n) is 1.75. The molecule has 0 aliphatic rings. The van der Waals surface area contributed by atoms with Gasteiger partial charge in [0, 0.05) is 29.4 Å². The van der Waals surface area contributed by atoms with E-state index in [1.807, 2.05) is 18.2 Å². The van der Waals surface area contributed by atoms with Crippen molar-refractivity contribution in [3.05, 3.63) is 53.8 Å². The largest absolute Gasteiger partial charge is 0.437 e. The highest BCUT2D eigenvalue weighted by Gasteiger charge is 2.02. The molecular formula is C14H10ClN3O. The molecule has 19 heavy (non-hydrogen) atoms. The van der Waals surface area contributed by atoms with Gasteiger partial charge in [0.25, 0.3) is 0 Å². The van der Waals surface area contributed by atoms with Crippen LogP contribution in [0.15, 0.2) is 48.8 Å². The van der Waals surface area contributed by atoms with Crippen LogP contribution in [0.4, 0.5) is 5.69 Å². The Balaban J connectivity index is 1.95. The molecule has 0 unspecified atom stereocenters. The van der Waals surface area contributed by atoms with Crippen molar-refractivity contribution in [2.45, 2.75) is 0 Å². The SMILES string of the molecule is Nc1ccc2nc(Oc3cncc(Cl)c3)ccc2c1. The van der Waals surface area contributed by atoms with Crippen LogP contribution in [0.2, 0.25) is 5.02 Å². The van der Waals surface area contributed by atoms with E-state index in [0.29, 0.717) is 22.3 Å². The number of hydrogen-bond donors (Lipinski definition) is 1. The van der Waals surface area contributed by atoms with Crippen molar-refractivity contribution < 1.29 is 4.74 Å². The van der Waals surface area contributed by atoms with Gasteiger partial charge in [-0.25, -0.2) is 4.98 Å². The van der Waals surface area contributed by atoms with Gasteiger partial charge in [0.1, 0.15) is 5.75 Å². The number of ether oxygens (including phenoxy) is 1. The first-order valence-corrected chi connectivity index (χ1v) is 6.03. The molecule has 1 aromatic carbocycles. The molecule has 3 rings (SSSR count). The van der Waals surface area contributed by atoms with Gasteiger partial charge in [0.05, 0.1) is 16.7 Å². The van der Waals surface area contributed by atoms with Gasteiger partial charge in [0.2, 0.25) is 5.88 Å². The van der Waals surface area contributed by atoms with E-state index in [-0.39, 0.29) is 0 Å². The van der Waals surface area contributed by atoms with Gasteiger partial charge >= 0.3 is 0 Å². The number of benzene rings is 1. The number of fused-ring (bicyclic) bond motifs is 1. The number of hydrogen-bond acceptors (Lipinski definition) is 4. The summed E-state index contributed by atoms with van der Waals surface area (Å²) >= 11 is 5.85. The number of nitrogen functional groups attached to an aromatic ring is 1. The number of rotatable bonds is 2. The average molecular weight is 272 g/mol. The number of halogens is 1. The van der Waals surface area contributed by atoms with Crippen molar-refractivity contribution >= 4 is 28.2 Å². The lowest BCUT2D eigenvalue weighted by Crippen LogP contribution is -1.90. The van der Waals surface area contributed by atoms with Gasteiger partial charge in [-0.3, -0.25) is 4.98 Å². The molecule has 94 valence electrons. The molecule has 4 nitrogen and oxygen atoms in total. The molecule has 0 saturated carbocycles. The summed E-state index contributed by atoms with van der Waals surface area (Å²) < 4.78 is 5.61. The topological polar surface area (TPSA) is 61.0 Å². The van der Waals surface area contributed by atoms with E-state index in [1.54, 1.807) is 30.6 Å². The summed E-state index contributed by atoms with van der Waals surface area (Å²) in [5, 5.41) is 1.49. The van der Waals surface area contributed by atoms with E-state index < -0.39 is 0 Å². The summed E-state index contributed by atoms with van der Waals surface area (Å²) in [5.41, 5.74) is 7.25. The zero-order valence-electron chi connectivity index (χ0n) is 9.88. The lowest BCUT2D eigenvalue weighted by molar-refractivity contribution is 0.463. The fourth-order valence-corrected chi connectivity index (χ4v) is 1.92. The molecule has 0 amide bonds. The third-order valence-electron chi connectivity index (χ3n) is 2.59. The zero-order valence-corrected chi connectivity index (χ0v) is 10.6. The molecule has 0 radical (unpaired) electrons. The summed E-state index contributed by atoms with van der Waals surface area (Å²) in [4.78, 5) is 8.35. The minimum atomic E-state index is 0.487. The third kappa shape index (κ3) is 2.58. The predicted molar refractivity (Wildman–Crippen MR) is 75.5 cm³/mol. The second kappa shape index (κ2) is 4.74. The van der Waals surface area contributed by atoms with E-state index in [4.69, 9.17) is 22.1 Å². The van der Waals surface area contributed by atoms with Crippen molar-refractivity contribution in [1.82, 2.24) is 9.97 Å². The van der Waals surface area contributed by atoms with Gasteiger partial charge in [-0.2, -0.15) is 0 Å². The fraction of sp³-hybridized carbons (Fsp3) is 0. The number of nitrogens with two attached hydrogens (primary N) is 1. The molecule has 0 atom stereocenters. The van der Waals surface area contributed by atoms with Gasteiger partial charge in [0.15, 0.2) is 0 Å². The molecule has 0 fully saturated rings. The van der Waals surface area contributed by atoms with Crippen LogP contribution >= 0.6 is 11.6 Å². The third-order valence-corrected chi connectivity index (χ3v) is 2.80. The summed E-state index contributed by atoms with van der Waals surface area (Å²) in [6.45, 7) is 0. The van der Waals surface area contributed by atoms with Crippen LogP contribution in [0.25, 0.3) is 10.9 Å². The smallest absolute Gasteiger partial charge is 0.219 e. The highest BCUT2D eigenvalue weighted by Crippen LogP contribution is 2.24. The van der Waals surface area contributed by atoms with Crippen LogP contribution in [0.5, 0.6) is 11.6 Å². The standard InChI is InChI=1S/C14H10ClN3O/c15-10-6-12(8-17-7-10)19-14-4-1-9-5-11(16)2-3-13(9)18-14/h1-8H,16H2. The second-order valence-electron chi connectivity index (χ2n) is 4.04. The maximum atomic E-state index is 5.85. The van der Waals surface area contributed by atoms with Gasteiger partial charge in [-0.15, -0.1) is 0 Å². The monoisotopic (exact) mass is 271 g/mol. The quantitative estimate of drug-likeness (QED) is 0.723. The van der Waals surface area contributed by atoms with Crippen LogP contribution in [0.1, 0.15) is 0 Å². The summed E-state index contributed by atoms with van der Waals surface area (Å²) in [7, 11) is 0. The summed E-state index contributed by atoms with van der Waals surface area (Å²) in [6.07, 6.45) is 3.13. The Labute approximate surface area is 114 Å². The lowest BCUT2D eigenvalue weighted by atomic mass is 10.2. The summed E-state index contributed by atoms with van der Waals surface area (Å²) in [5.74, 6) is 1.04. The van der Waals surface area contributed by atoms with E-state index >= 15 is 0 Å². The van der Waals surface area contributed by atoms with E-state index in [9.17, 15) is 0 Å². The highest BCUT2D eigenvalue weighted by molar-refractivity contribution is 6.30. The van der Waals surface area contributed by atoms with Crippen molar-refractivity contribution in [2.24, 2.45) is 0 Å². The zero-order chi connectivity index (χ0) is 13.2. The van der Waals surface area contributed by atoms with Gasteiger partial charge in [-0.1, -0.05) is 11.6 Å². The molecule has 2 N–H and O–H groups in total. The average Bonchev–Trinajstić information content (AvgIpc) is 2.39. The van der Waals surface area contributed by atoms with Crippen LogP contribution in [0.3, 0.4) is 0 Å². The first kappa shape index (κ1) is 11.7. The Hall–Kier alpha value is -2.33. The van der Waals surface area contributed by atoms with Crippen LogP contribution in [-0.4, -0.2) is 9.97 Å². The maximum absolute atomic E-state index is 5.85. The lowest BCUT2D eigenvalue weighted by Gasteiger charge is -2.06. The van der Waals surface area contributed by atoms with Crippen molar-refractivity contribution in [3.8, 4) is 11.6 Å². The molecule has 0 saturated heterocycles. The molecule has 2 aromatic heterocycles. The Kier molecular flexibility index (Phi) is 2.93. The van der Waals surface area contributed by atoms with Crippen LogP contribution in [-0.2, 0) is 0 Å². The number of aromatic nitrogens is 2. The molecule has 5 heteroatoms.